The number of carboxylic acid groups (broad SMARTS) is 1. The zero-order valence-electron chi connectivity index (χ0n) is 7.11. The van der Waals surface area contributed by atoms with Crippen LogP contribution in [-0.4, -0.2) is 16.1 Å². The Kier molecular flexibility index (Phi) is 1.72. The number of H-pyrrole nitrogens is 1. The number of aromatic nitrogens is 1. The molecule has 2 aromatic rings. The van der Waals surface area contributed by atoms with Gasteiger partial charge in [0.05, 0.1) is 11.1 Å². The van der Waals surface area contributed by atoms with Gasteiger partial charge < -0.3 is 10.1 Å². The van der Waals surface area contributed by atoms with Crippen LogP contribution >= 0.6 is 0 Å². The van der Waals surface area contributed by atoms with E-state index in [0.29, 0.717) is 0 Å². The van der Waals surface area contributed by atoms with Gasteiger partial charge in [0.2, 0.25) is 0 Å². The summed E-state index contributed by atoms with van der Waals surface area (Å²) >= 11 is 0. The second-order valence-corrected chi connectivity index (χ2v) is 2.88. The van der Waals surface area contributed by atoms with Crippen molar-refractivity contribution in [2.75, 3.05) is 0 Å². The molecule has 0 aliphatic carbocycles. The summed E-state index contributed by atoms with van der Waals surface area (Å²) < 4.78 is 0. The van der Waals surface area contributed by atoms with Crippen molar-refractivity contribution < 1.29 is 9.90 Å². The van der Waals surface area contributed by atoms with Crippen molar-refractivity contribution in [1.29, 1.82) is 5.26 Å². The van der Waals surface area contributed by atoms with Crippen molar-refractivity contribution in [3.05, 3.63) is 35.5 Å². The molecule has 14 heavy (non-hydrogen) atoms. The van der Waals surface area contributed by atoms with Crippen LogP contribution in [0.4, 0.5) is 0 Å². The predicted molar refractivity (Wildman–Crippen MR) is 50.0 cm³/mol. The first kappa shape index (κ1) is 8.32. The minimum absolute atomic E-state index is 0.0300. The van der Waals surface area contributed by atoms with E-state index in [4.69, 9.17) is 10.4 Å². The normalized spacial score (nSPS) is 9.93. The molecular weight excluding hydrogens is 180 g/mol. The molecule has 2 rings (SSSR count). The molecule has 0 saturated heterocycles. The fraction of sp³-hybridized carbons (Fsp3) is 0. The lowest BCUT2D eigenvalue weighted by atomic mass is 10.1. The van der Waals surface area contributed by atoms with E-state index in [1.807, 2.05) is 6.07 Å². The van der Waals surface area contributed by atoms with Crippen LogP contribution < -0.4 is 0 Å². The number of rotatable bonds is 1. The number of fused-ring (bicyclic) bond motifs is 1. The van der Waals surface area contributed by atoms with Gasteiger partial charge >= 0.3 is 5.97 Å². The third-order valence-electron chi connectivity index (χ3n) is 2.04. The number of aromatic amines is 1. The highest BCUT2D eigenvalue weighted by Crippen LogP contribution is 2.18. The van der Waals surface area contributed by atoms with E-state index in [-0.39, 0.29) is 11.1 Å². The maximum absolute atomic E-state index is 10.8. The Labute approximate surface area is 79.4 Å². The maximum Gasteiger partial charge on any atom is 0.337 e. The second kappa shape index (κ2) is 2.89. The van der Waals surface area contributed by atoms with Gasteiger partial charge in [-0.25, -0.2) is 4.79 Å². The predicted octanol–water partition coefficient (Wildman–Crippen LogP) is 1.74. The quantitative estimate of drug-likeness (QED) is 0.712. The van der Waals surface area contributed by atoms with Gasteiger partial charge in [0, 0.05) is 17.1 Å². The van der Waals surface area contributed by atoms with Gasteiger partial charge in [0.1, 0.15) is 6.07 Å². The summed E-state index contributed by atoms with van der Waals surface area (Å²) in [5.41, 5.74) is 0.938. The smallest absolute Gasteiger partial charge is 0.337 e. The van der Waals surface area contributed by atoms with Crippen LogP contribution in [0, 0.1) is 11.3 Å². The van der Waals surface area contributed by atoms with Crippen LogP contribution in [0.5, 0.6) is 0 Å². The topological polar surface area (TPSA) is 76.9 Å². The molecule has 2 N–H and O–H groups in total. The van der Waals surface area contributed by atoms with Crippen molar-refractivity contribution >= 4 is 16.9 Å². The van der Waals surface area contributed by atoms with Crippen LogP contribution in [0.2, 0.25) is 0 Å². The first-order valence-electron chi connectivity index (χ1n) is 3.97. The average Bonchev–Trinajstić information content (AvgIpc) is 2.62. The van der Waals surface area contributed by atoms with E-state index < -0.39 is 5.97 Å². The van der Waals surface area contributed by atoms with E-state index in [2.05, 4.69) is 4.98 Å². The molecule has 4 heteroatoms. The van der Waals surface area contributed by atoms with Gasteiger partial charge in [-0.2, -0.15) is 5.26 Å². The molecule has 0 unspecified atom stereocenters. The molecule has 68 valence electrons. The number of carboxylic acids is 1. The second-order valence-electron chi connectivity index (χ2n) is 2.88. The van der Waals surface area contributed by atoms with Crippen molar-refractivity contribution in [2.24, 2.45) is 0 Å². The zero-order chi connectivity index (χ0) is 10.1. The van der Waals surface area contributed by atoms with Gasteiger partial charge in [-0.15, -0.1) is 0 Å². The number of benzene rings is 1. The monoisotopic (exact) mass is 186 g/mol. The first-order chi connectivity index (χ1) is 6.72. The van der Waals surface area contributed by atoms with Gasteiger partial charge in [0.15, 0.2) is 0 Å². The Bertz CT molecular complexity index is 549. The van der Waals surface area contributed by atoms with Crippen LogP contribution in [-0.2, 0) is 0 Å². The van der Waals surface area contributed by atoms with E-state index in [1.54, 1.807) is 18.3 Å². The number of nitriles is 1. The lowest BCUT2D eigenvalue weighted by Gasteiger charge is -1.98. The summed E-state index contributed by atoms with van der Waals surface area (Å²) in [5.74, 6) is -1.09. The summed E-state index contributed by atoms with van der Waals surface area (Å²) in [7, 11) is 0. The molecule has 1 aromatic carbocycles. The molecule has 0 aliphatic rings. The molecular formula is C10H6N2O2. The van der Waals surface area contributed by atoms with Crippen molar-refractivity contribution in [3.63, 3.8) is 0 Å². The number of nitrogens with one attached hydrogen (secondary N) is 1. The van der Waals surface area contributed by atoms with Crippen molar-refractivity contribution in [3.8, 4) is 6.07 Å². The molecule has 0 spiro atoms. The van der Waals surface area contributed by atoms with Crippen LogP contribution in [0.25, 0.3) is 10.9 Å². The van der Waals surface area contributed by atoms with E-state index >= 15 is 0 Å². The van der Waals surface area contributed by atoms with Gasteiger partial charge in [-0.3, -0.25) is 0 Å². The van der Waals surface area contributed by atoms with Crippen LogP contribution in [0.15, 0.2) is 24.4 Å². The number of nitrogens with zero attached hydrogens (tertiary/aromatic N) is 1. The standard InChI is InChI=1S/C10H6N2O2/c11-5-7-3-6-1-2-12-9(6)4-8(7)10(13)14/h1-4,12H,(H,13,14). The molecule has 1 aromatic heterocycles. The fourth-order valence-electron chi connectivity index (χ4n) is 1.37. The highest BCUT2D eigenvalue weighted by Gasteiger charge is 2.11. The maximum atomic E-state index is 10.8. The number of hydrogen-bond acceptors (Lipinski definition) is 2. The van der Waals surface area contributed by atoms with Crippen molar-refractivity contribution in [2.45, 2.75) is 0 Å². The van der Waals surface area contributed by atoms with Gasteiger partial charge in [-0.05, 0) is 18.2 Å². The highest BCUT2D eigenvalue weighted by molar-refractivity contribution is 5.96. The number of aromatic carboxylic acids is 1. The van der Waals surface area contributed by atoms with Crippen LogP contribution in [0.3, 0.4) is 0 Å². The minimum atomic E-state index is -1.09. The Hall–Kier alpha value is -2.28. The van der Waals surface area contributed by atoms with Crippen molar-refractivity contribution in [1.82, 2.24) is 4.98 Å². The Morgan fingerprint density at radius 3 is 2.93 bits per heavy atom. The van der Waals surface area contributed by atoms with Gasteiger partial charge in [0.25, 0.3) is 0 Å². The number of hydrogen-bond donors (Lipinski definition) is 2. The lowest BCUT2D eigenvalue weighted by Crippen LogP contribution is -1.99. The molecule has 0 saturated carbocycles. The zero-order valence-corrected chi connectivity index (χ0v) is 7.11. The fourth-order valence-corrected chi connectivity index (χ4v) is 1.37. The summed E-state index contributed by atoms with van der Waals surface area (Å²) in [4.78, 5) is 13.7. The summed E-state index contributed by atoms with van der Waals surface area (Å²) in [6.07, 6.45) is 1.71. The SMILES string of the molecule is N#Cc1cc2cc[nH]c2cc1C(=O)O. The Morgan fingerprint density at radius 2 is 2.29 bits per heavy atom. The van der Waals surface area contributed by atoms with E-state index in [1.165, 1.54) is 6.07 Å². The summed E-state index contributed by atoms with van der Waals surface area (Å²) in [6, 6.07) is 6.69. The summed E-state index contributed by atoms with van der Waals surface area (Å²) in [5, 5.41) is 18.4. The lowest BCUT2D eigenvalue weighted by molar-refractivity contribution is 0.0696. The first-order valence-corrected chi connectivity index (χ1v) is 3.97. The molecule has 1 heterocycles. The molecule has 0 bridgehead atoms. The third kappa shape index (κ3) is 1.12. The molecule has 4 nitrogen and oxygen atoms in total. The number of carbonyl (C=O) groups is 1. The summed E-state index contributed by atoms with van der Waals surface area (Å²) in [6.45, 7) is 0. The third-order valence-corrected chi connectivity index (χ3v) is 2.04. The molecule has 0 aliphatic heterocycles. The molecule has 0 atom stereocenters. The Morgan fingerprint density at radius 1 is 1.50 bits per heavy atom. The van der Waals surface area contributed by atoms with E-state index in [0.717, 1.165) is 10.9 Å². The molecule has 0 amide bonds. The molecule has 0 radical (unpaired) electrons. The average molecular weight is 186 g/mol. The largest absolute Gasteiger partial charge is 0.478 e. The van der Waals surface area contributed by atoms with Crippen LogP contribution in [0.1, 0.15) is 15.9 Å². The van der Waals surface area contributed by atoms with Gasteiger partial charge in [-0.1, -0.05) is 0 Å². The highest BCUT2D eigenvalue weighted by atomic mass is 16.4. The Balaban J connectivity index is 2.81. The molecule has 0 fully saturated rings. The minimum Gasteiger partial charge on any atom is -0.478 e. The van der Waals surface area contributed by atoms with E-state index in [9.17, 15) is 4.79 Å².